The first-order valence-electron chi connectivity index (χ1n) is 5.74. The van der Waals surface area contributed by atoms with E-state index < -0.39 is 17.9 Å². The Kier molecular flexibility index (Phi) is 4.16. The van der Waals surface area contributed by atoms with Gasteiger partial charge < -0.3 is 4.90 Å². The highest BCUT2D eigenvalue weighted by molar-refractivity contribution is 8.00. The van der Waals surface area contributed by atoms with Gasteiger partial charge in [0.15, 0.2) is 0 Å². The van der Waals surface area contributed by atoms with Gasteiger partial charge in [-0.15, -0.1) is 11.8 Å². The second-order valence-corrected chi connectivity index (χ2v) is 5.13. The molecule has 2 rings (SSSR count). The number of imide groups is 1. The van der Waals surface area contributed by atoms with Crippen LogP contribution in [0.15, 0.2) is 29.4 Å². The maximum atomic E-state index is 12.0. The van der Waals surface area contributed by atoms with Crippen molar-refractivity contribution in [3.05, 3.63) is 24.5 Å². The fourth-order valence-corrected chi connectivity index (χ4v) is 2.45. The van der Waals surface area contributed by atoms with E-state index in [1.807, 2.05) is 0 Å². The lowest BCUT2D eigenvalue weighted by molar-refractivity contribution is -0.148. The van der Waals surface area contributed by atoms with E-state index in [0.29, 0.717) is 0 Å². The van der Waals surface area contributed by atoms with Gasteiger partial charge in [-0.2, -0.15) is 0 Å². The molecule has 1 aliphatic rings. The highest BCUT2D eigenvalue weighted by atomic mass is 32.2. The molecule has 1 N–H and O–H groups in total. The number of piperazine rings is 1. The van der Waals surface area contributed by atoms with Crippen LogP contribution in [0.5, 0.6) is 0 Å². The lowest BCUT2D eigenvalue weighted by atomic mass is 10.2. The van der Waals surface area contributed by atoms with Gasteiger partial charge in [-0.25, -0.2) is 0 Å². The smallest absolute Gasteiger partial charge is 0.249 e. The van der Waals surface area contributed by atoms with Crippen molar-refractivity contribution in [2.45, 2.75) is 17.9 Å². The average Bonchev–Trinajstić information content (AvgIpc) is 2.41. The van der Waals surface area contributed by atoms with Gasteiger partial charge in [-0.1, -0.05) is 0 Å². The Morgan fingerprint density at radius 1 is 1.47 bits per heavy atom. The average molecular weight is 279 g/mol. The molecule has 100 valence electrons. The van der Waals surface area contributed by atoms with Crippen LogP contribution in [0, 0.1) is 0 Å². The Bertz CT molecular complexity index is 506. The fourth-order valence-electron chi connectivity index (χ4n) is 1.68. The number of rotatable bonds is 3. The van der Waals surface area contributed by atoms with Gasteiger partial charge in [-0.05, 0) is 19.1 Å². The molecule has 1 atom stereocenters. The molecule has 7 heteroatoms. The van der Waals surface area contributed by atoms with Crippen LogP contribution in [-0.2, 0) is 14.4 Å². The molecular weight excluding hydrogens is 266 g/mol. The van der Waals surface area contributed by atoms with Gasteiger partial charge >= 0.3 is 0 Å². The van der Waals surface area contributed by atoms with Crippen LogP contribution in [0.4, 0.5) is 0 Å². The van der Waals surface area contributed by atoms with Crippen molar-refractivity contribution in [3.8, 4) is 0 Å². The molecule has 0 radical (unpaired) electrons. The molecule has 0 spiro atoms. The summed E-state index contributed by atoms with van der Waals surface area (Å²) < 4.78 is 0. The normalized spacial score (nSPS) is 19.2. The molecular formula is C12H13N3O3S. The van der Waals surface area contributed by atoms with Crippen molar-refractivity contribution < 1.29 is 14.4 Å². The van der Waals surface area contributed by atoms with Crippen molar-refractivity contribution in [1.82, 2.24) is 15.2 Å². The number of nitrogens with one attached hydrogen (secondary N) is 1. The number of amides is 3. The maximum absolute atomic E-state index is 12.0. The van der Waals surface area contributed by atoms with E-state index in [2.05, 4.69) is 10.3 Å². The molecule has 1 aliphatic heterocycles. The third kappa shape index (κ3) is 3.31. The predicted octanol–water partition coefficient (Wildman–Crippen LogP) is 0.0472. The highest BCUT2D eigenvalue weighted by Gasteiger charge is 2.33. The van der Waals surface area contributed by atoms with Crippen molar-refractivity contribution in [3.63, 3.8) is 0 Å². The first-order valence-corrected chi connectivity index (χ1v) is 6.72. The molecule has 1 aromatic heterocycles. The van der Waals surface area contributed by atoms with Crippen molar-refractivity contribution >= 4 is 29.5 Å². The zero-order valence-electron chi connectivity index (χ0n) is 10.3. The van der Waals surface area contributed by atoms with Crippen molar-refractivity contribution in [2.24, 2.45) is 0 Å². The molecule has 0 saturated carbocycles. The number of aromatic nitrogens is 1. The Morgan fingerprint density at radius 3 is 2.84 bits per heavy atom. The number of nitrogens with zero attached hydrogens (tertiary/aromatic N) is 2. The number of hydrogen-bond donors (Lipinski definition) is 1. The van der Waals surface area contributed by atoms with Crippen LogP contribution in [0.25, 0.3) is 0 Å². The molecule has 3 amide bonds. The van der Waals surface area contributed by atoms with Gasteiger partial charge in [0.25, 0.3) is 0 Å². The first-order chi connectivity index (χ1) is 9.08. The van der Waals surface area contributed by atoms with Crippen LogP contribution in [0.1, 0.15) is 6.92 Å². The molecule has 0 bridgehead atoms. The molecule has 0 aliphatic carbocycles. The van der Waals surface area contributed by atoms with E-state index in [9.17, 15) is 14.4 Å². The summed E-state index contributed by atoms with van der Waals surface area (Å²) >= 11 is 1.35. The quantitative estimate of drug-likeness (QED) is 0.624. The summed E-state index contributed by atoms with van der Waals surface area (Å²) in [5.41, 5.74) is 0. The lowest BCUT2D eigenvalue weighted by Crippen LogP contribution is -2.59. The van der Waals surface area contributed by atoms with E-state index in [1.165, 1.54) is 16.7 Å². The Hall–Kier alpha value is -1.89. The molecule has 19 heavy (non-hydrogen) atoms. The molecule has 0 aromatic carbocycles. The second-order valence-electron chi connectivity index (χ2n) is 4.08. The first kappa shape index (κ1) is 13.5. The van der Waals surface area contributed by atoms with Crippen LogP contribution >= 0.6 is 11.8 Å². The minimum atomic E-state index is -0.608. The zero-order valence-corrected chi connectivity index (χ0v) is 11.1. The van der Waals surface area contributed by atoms with Gasteiger partial charge in [-0.3, -0.25) is 24.7 Å². The second kappa shape index (κ2) is 5.83. The Balaban J connectivity index is 1.95. The summed E-state index contributed by atoms with van der Waals surface area (Å²) in [6, 6.07) is 2.99. The van der Waals surface area contributed by atoms with E-state index in [1.54, 1.807) is 31.5 Å². The van der Waals surface area contributed by atoms with Gasteiger partial charge in [0.05, 0.1) is 5.75 Å². The predicted molar refractivity (Wildman–Crippen MR) is 69.3 cm³/mol. The molecule has 1 saturated heterocycles. The number of carbonyl (C=O) groups excluding carboxylic acids is 3. The fraction of sp³-hybridized carbons (Fsp3) is 0.333. The third-order valence-corrected chi connectivity index (χ3v) is 3.75. The summed E-state index contributed by atoms with van der Waals surface area (Å²) in [5.74, 6) is -0.907. The summed E-state index contributed by atoms with van der Waals surface area (Å²) in [5, 5.41) is 2.20. The van der Waals surface area contributed by atoms with Gasteiger partial charge in [0, 0.05) is 17.3 Å². The van der Waals surface area contributed by atoms with Crippen LogP contribution in [0.2, 0.25) is 0 Å². The minimum Gasteiger partial charge on any atom is -0.321 e. The van der Waals surface area contributed by atoms with Crippen molar-refractivity contribution in [2.75, 3.05) is 12.3 Å². The number of hydrogen-bond acceptors (Lipinski definition) is 5. The van der Waals surface area contributed by atoms with E-state index in [4.69, 9.17) is 0 Å². The van der Waals surface area contributed by atoms with Crippen molar-refractivity contribution in [1.29, 1.82) is 0 Å². The summed E-state index contributed by atoms with van der Waals surface area (Å²) in [4.78, 5) is 40.9. The summed E-state index contributed by atoms with van der Waals surface area (Å²) in [7, 11) is 0. The Labute approximate surface area is 114 Å². The van der Waals surface area contributed by atoms with Gasteiger partial charge in [0.1, 0.15) is 12.6 Å². The zero-order chi connectivity index (χ0) is 13.8. The van der Waals surface area contributed by atoms with E-state index in [-0.39, 0.29) is 18.2 Å². The standard InChI is InChI=1S/C12H13N3O3S/c1-8-12(18)14-10(16)6-15(8)11(17)7-19-9-2-4-13-5-3-9/h2-5,8H,6-7H2,1H3,(H,14,16,18). The minimum absolute atomic E-state index is 0.0668. The van der Waals surface area contributed by atoms with Crippen LogP contribution < -0.4 is 5.32 Å². The maximum Gasteiger partial charge on any atom is 0.249 e. The number of thioether (sulfide) groups is 1. The topological polar surface area (TPSA) is 79.4 Å². The SMILES string of the molecule is CC1C(=O)NC(=O)CN1C(=O)CSc1ccncc1. The number of pyridine rings is 1. The number of carbonyl (C=O) groups is 3. The summed E-state index contributed by atoms with van der Waals surface area (Å²) in [6.07, 6.45) is 3.29. The molecule has 6 nitrogen and oxygen atoms in total. The monoisotopic (exact) mass is 279 g/mol. The van der Waals surface area contributed by atoms with E-state index in [0.717, 1.165) is 4.90 Å². The summed E-state index contributed by atoms with van der Waals surface area (Å²) in [6.45, 7) is 1.54. The third-order valence-electron chi connectivity index (χ3n) is 2.76. The molecule has 1 aromatic rings. The van der Waals surface area contributed by atoms with Crippen LogP contribution in [-0.4, -0.2) is 45.9 Å². The Morgan fingerprint density at radius 2 is 2.16 bits per heavy atom. The lowest BCUT2D eigenvalue weighted by Gasteiger charge is -2.31. The molecule has 1 fully saturated rings. The van der Waals surface area contributed by atoms with E-state index >= 15 is 0 Å². The largest absolute Gasteiger partial charge is 0.321 e. The molecule has 1 unspecified atom stereocenters. The van der Waals surface area contributed by atoms with Crippen LogP contribution in [0.3, 0.4) is 0 Å². The highest BCUT2D eigenvalue weighted by Crippen LogP contribution is 2.17. The van der Waals surface area contributed by atoms with Gasteiger partial charge in [0.2, 0.25) is 17.7 Å². The molecule has 2 heterocycles.